The molecule has 4 nitrogen and oxygen atoms in total. The van der Waals surface area contributed by atoms with Crippen LogP contribution in [-0.4, -0.2) is 17.5 Å². The first kappa shape index (κ1) is 16.0. The van der Waals surface area contributed by atoms with Gasteiger partial charge in [0.05, 0.1) is 0 Å². The van der Waals surface area contributed by atoms with Crippen molar-refractivity contribution in [3.05, 3.63) is 0 Å². The Morgan fingerprint density at radius 2 is 1.14 bits per heavy atom. The average molecular weight is 334 g/mol. The fourth-order valence-electron chi connectivity index (χ4n) is 0. The zero-order valence-electron chi connectivity index (χ0n) is 3.03. The number of hydrogen-bond donors (Lipinski definition) is 2. The quantitative estimate of drug-likeness (QED) is 0.456. The van der Waals surface area contributed by atoms with Crippen molar-refractivity contribution in [1.82, 2.24) is 0 Å². The molecule has 2 N–H and O–H groups in total. The Balaban J connectivity index is -0.0000000800. The molecule has 0 spiro atoms. The van der Waals surface area contributed by atoms with Gasteiger partial charge in [0.1, 0.15) is 0 Å². The van der Waals surface area contributed by atoms with E-state index in [1.165, 1.54) is 0 Å². The SMILES string of the molecule is O=S(=O)(O)O.[Ce].[Mo]. The first-order valence-electron chi connectivity index (χ1n) is 0.698. The van der Waals surface area contributed by atoms with Gasteiger partial charge >= 0.3 is 10.4 Å². The Morgan fingerprint density at radius 3 is 1.14 bits per heavy atom. The zero-order valence-corrected chi connectivity index (χ0v) is 8.99. The Kier molecular flexibility index (Phi) is 13.8. The van der Waals surface area contributed by atoms with E-state index in [2.05, 4.69) is 0 Å². The molecule has 0 aromatic heterocycles. The molecule has 0 saturated heterocycles. The van der Waals surface area contributed by atoms with Crippen LogP contribution in [0.5, 0.6) is 0 Å². The molecule has 0 aliphatic heterocycles. The van der Waals surface area contributed by atoms with Gasteiger partial charge in [-0.2, -0.15) is 8.42 Å². The molecule has 7 heavy (non-hydrogen) atoms. The maximum Gasteiger partial charge on any atom is 0.394 e. The summed E-state index contributed by atoms with van der Waals surface area (Å²) in [5.41, 5.74) is 0. The molecule has 0 heterocycles. The summed E-state index contributed by atoms with van der Waals surface area (Å²) < 4.78 is 31.6. The molecule has 0 bridgehead atoms. The van der Waals surface area contributed by atoms with E-state index in [4.69, 9.17) is 17.5 Å². The zero-order chi connectivity index (χ0) is 4.50. The van der Waals surface area contributed by atoms with Crippen molar-refractivity contribution >= 4 is 10.4 Å². The van der Waals surface area contributed by atoms with Crippen molar-refractivity contribution in [2.45, 2.75) is 0 Å². The van der Waals surface area contributed by atoms with Crippen molar-refractivity contribution in [3.63, 3.8) is 0 Å². The summed E-state index contributed by atoms with van der Waals surface area (Å²) in [7, 11) is -4.67. The van der Waals surface area contributed by atoms with Gasteiger partial charge in [-0.3, -0.25) is 9.11 Å². The number of hydrogen-bond acceptors (Lipinski definition) is 2. The Labute approximate surface area is 89.3 Å². The average Bonchev–Trinajstić information content (AvgIpc) is 0.722. The maximum absolute atomic E-state index is 8.74. The number of rotatable bonds is 0. The Hall–Kier alpha value is 1.93. The van der Waals surface area contributed by atoms with Crippen molar-refractivity contribution in [2.24, 2.45) is 0 Å². The molecule has 0 aromatic rings. The van der Waals surface area contributed by atoms with E-state index in [1.54, 1.807) is 0 Å². The summed E-state index contributed by atoms with van der Waals surface area (Å²) in [4.78, 5) is 0. The summed E-state index contributed by atoms with van der Waals surface area (Å²) in [5.74, 6) is 0. The molecule has 0 unspecified atom stereocenters. The second-order valence-electron chi connectivity index (χ2n) is 0.448. The molecule has 0 saturated carbocycles. The molecular formula is H2CeMoO4S. The van der Waals surface area contributed by atoms with Crippen LogP contribution in [0.1, 0.15) is 0 Å². The van der Waals surface area contributed by atoms with Crippen LogP contribution in [0, 0.1) is 41.7 Å². The second-order valence-corrected chi connectivity index (χ2v) is 1.34. The second kappa shape index (κ2) is 6.06. The largest absolute Gasteiger partial charge is 0.394 e. The molecule has 0 atom stereocenters. The van der Waals surface area contributed by atoms with Crippen molar-refractivity contribution in [1.29, 1.82) is 0 Å². The van der Waals surface area contributed by atoms with Crippen molar-refractivity contribution in [2.75, 3.05) is 0 Å². The van der Waals surface area contributed by atoms with Gasteiger partial charge in [0, 0.05) is 62.8 Å². The van der Waals surface area contributed by atoms with Crippen LogP contribution >= 0.6 is 0 Å². The predicted molar refractivity (Wildman–Crippen MR) is 14.2 cm³/mol. The Bertz CT molecular complexity index is 94.9. The molecule has 0 radical (unpaired) electrons. The third-order valence-corrected chi connectivity index (χ3v) is 0. The predicted octanol–water partition coefficient (Wildman–Crippen LogP) is -0.655. The van der Waals surface area contributed by atoms with Gasteiger partial charge in [-0.15, -0.1) is 0 Å². The van der Waals surface area contributed by atoms with Crippen LogP contribution in [0.25, 0.3) is 0 Å². The van der Waals surface area contributed by atoms with Crippen LogP contribution in [0.3, 0.4) is 0 Å². The van der Waals surface area contributed by atoms with Crippen LogP contribution in [0.15, 0.2) is 0 Å². The Morgan fingerprint density at radius 1 is 1.14 bits per heavy atom. The molecule has 0 amide bonds. The molecule has 0 fully saturated rings. The van der Waals surface area contributed by atoms with Gasteiger partial charge in [0.15, 0.2) is 0 Å². The minimum atomic E-state index is -4.67. The standard InChI is InChI=1S/Ce.Mo.H2O4S/c;;1-5(2,3)4/h;;(H2,1,2,3,4). The summed E-state index contributed by atoms with van der Waals surface area (Å²) in [6.45, 7) is 0. The fourth-order valence-corrected chi connectivity index (χ4v) is 0. The van der Waals surface area contributed by atoms with Gasteiger partial charge < -0.3 is 0 Å². The van der Waals surface area contributed by atoms with Gasteiger partial charge in [-0.25, -0.2) is 0 Å². The monoisotopic (exact) mass is 336 g/mol. The molecule has 42 valence electrons. The normalized spacial score (nSPS) is 8.29. The van der Waals surface area contributed by atoms with Crippen LogP contribution in [-0.2, 0) is 31.5 Å². The van der Waals surface area contributed by atoms with Crippen LogP contribution in [0.4, 0.5) is 0 Å². The van der Waals surface area contributed by atoms with Gasteiger partial charge in [0.25, 0.3) is 0 Å². The van der Waals surface area contributed by atoms with Crippen LogP contribution < -0.4 is 0 Å². The topological polar surface area (TPSA) is 74.6 Å². The molecule has 0 aliphatic carbocycles. The first-order valence-corrected chi connectivity index (χ1v) is 2.10. The van der Waals surface area contributed by atoms with Gasteiger partial charge in [-0.05, 0) is 0 Å². The minimum Gasteiger partial charge on any atom is -0.264 e. The molecule has 0 aromatic carbocycles. The smallest absolute Gasteiger partial charge is 0.264 e. The van der Waals surface area contributed by atoms with E-state index in [9.17, 15) is 0 Å². The van der Waals surface area contributed by atoms with Gasteiger partial charge in [0.2, 0.25) is 0 Å². The third kappa shape index (κ3) is 74.7. The van der Waals surface area contributed by atoms with Gasteiger partial charge in [-0.1, -0.05) is 0 Å². The first-order chi connectivity index (χ1) is 2.00. The molecular weight excluding hydrogens is 332 g/mol. The fraction of sp³-hybridized carbons (Fsp3) is 0. The summed E-state index contributed by atoms with van der Waals surface area (Å²) in [5, 5.41) is 0. The summed E-state index contributed by atoms with van der Waals surface area (Å²) in [6.07, 6.45) is 0. The third-order valence-electron chi connectivity index (χ3n) is 0. The van der Waals surface area contributed by atoms with E-state index >= 15 is 0 Å². The molecule has 0 aliphatic rings. The van der Waals surface area contributed by atoms with E-state index < -0.39 is 10.4 Å². The molecule has 0 rings (SSSR count). The summed E-state index contributed by atoms with van der Waals surface area (Å²) in [6, 6.07) is 0. The van der Waals surface area contributed by atoms with Crippen LogP contribution in [0.2, 0.25) is 0 Å². The minimum absolute atomic E-state index is 0. The maximum atomic E-state index is 8.74. The van der Waals surface area contributed by atoms with E-state index in [0.29, 0.717) is 0 Å². The van der Waals surface area contributed by atoms with E-state index in [1.807, 2.05) is 0 Å². The van der Waals surface area contributed by atoms with E-state index in [-0.39, 0.29) is 62.8 Å². The molecule has 7 heteroatoms. The summed E-state index contributed by atoms with van der Waals surface area (Å²) >= 11 is 0. The van der Waals surface area contributed by atoms with Crippen molar-refractivity contribution in [3.8, 4) is 0 Å². The van der Waals surface area contributed by atoms with E-state index in [0.717, 1.165) is 0 Å². The van der Waals surface area contributed by atoms with Crippen molar-refractivity contribution < 1.29 is 80.3 Å².